The van der Waals surface area contributed by atoms with Crippen molar-refractivity contribution in [1.29, 1.82) is 0 Å². The average Bonchev–Trinajstić information content (AvgIpc) is 1.88. The number of allylic oxidation sites excluding steroid dienone is 1. The quantitative estimate of drug-likeness (QED) is 0.554. The third-order valence-corrected chi connectivity index (χ3v) is 1.25. The van der Waals surface area contributed by atoms with E-state index in [2.05, 4.69) is 44.2 Å². The van der Waals surface area contributed by atoms with Gasteiger partial charge in [0.2, 0.25) is 0 Å². The fourth-order valence-corrected chi connectivity index (χ4v) is 0.883. The second-order valence-electron chi connectivity index (χ2n) is 2.63. The van der Waals surface area contributed by atoms with Gasteiger partial charge in [0.25, 0.3) is 0 Å². The Labute approximate surface area is 73.0 Å². The Bertz CT molecular complexity index is 220. The summed E-state index contributed by atoms with van der Waals surface area (Å²) in [6.45, 7) is 4.21. The van der Waals surface area contributed by atoms with E-state index in [-0.39, 0.29) is 11.0 Å². The minimum atomic E-state index is 0. The lowest BCUT2D eigenvalue weighted by Gasteiger charge is -1.91. The summed E-state index contributed by atoms with van der Waals surface area (Å²) in [5.74, 6) is 0. The summed E-state index contributed by atoms with van der Waals surface area (Å²) in [6, 6.07) is 10.3. The average molecular weight is 164 g/mol. The van der Waals surface area contributed by atoms with Crippen LogP contribution in [-0.2, 0) is 0 Å². The molecule has 0 aliphatic rings. The second-order valence-corrected chi connectivity index (χ2v) is 2.63. The fourth-order valence-electron chi connectivity index (χ4n) is 0.883. The summed E-state index contributed by atoms with van der Waals surface area (Å²) in [5, 5.41) is 0. The summed E-state index contributed by atoms with van der Waals surface area (Å²) >= 11 is 0. The van der Waals surface area contributed by atoms with Crippen molar-refractivity contribution in [2.75, 3.05) is 0 Å². The fraction of sp³-hybridized carbons (Fsp3) is 0.200. The molecule has 0 aliphatic carbocycles. The molecule has 0 N–H and O–H groups in total. The molecule has 0 nitrogen and oxygen atoms in total. The Morgan fingerprint density at radius 1 is 1.09 bits per heavy atom. The second kappa shape index (κ2) is 4.91. The standard InChI is InChI=1S/C10H12.H4Si/c1-9(2)8-10-6-4-3-5-7-10;/h3-8H,1-2H3;1H4. The van der Waals surface area contributed by atoms with Gasteiger partial charge < -0.3 is 0 Å². The lowest BCUT2D eigenvalue weighted by Crippen LogP contribution is -1.69. The molecule has 11 heavy (non-hydrogen) atoms. The van der Waals surface area contributed by atoms with Gasteiger partial charge >= 0.3 is 0 Å². The minimum Gasteiger partial charge on any atom is -0.0758 e. The molecule has 0 radical (unpaired) electrons. The first-order valence-electron chi connectivity index (χ1n) is 3.49. The third kappa shape index (κ3) is 3.78. The van der Waals surface area contributed by atoms with Crippen molar-refractivity contribution in [2.45, 2.75) is 13.8 Å². The number of hydrogen-bond acceptors (Lipinski definition) is 0. The van der Waals surface area contributed by atoms with Crippen molar-refractivity contribution in [2.24, 2.45) is 0 Å². The Balaban J connectivity index is 0.000001000. The molecule has 1 aromatic rings. The maximum Gasteiger partial charge on any atom is -0.0149 e. The molecule has 0 aliphatic heterocycles. The van der Waals surface area contributed by atoms with Crippen LogP contribution in [0.5, 0.6) is 0 Å². The van der Waals surface area contributed by atoms with Crippen molar-refractivity contribution in [3.05, 3.63) is 41.5 Å². The molecule has 0 saturated carbocycles. The van der Waals surface area contributed by atoms with E-state index in [1.165, 1.54) is 11.1 Å². The van der Waals surface area contributed by atoms with Gasteiger partial charge in [0.05, 0.1) is 0 Å². The summed E-state index contributed by atoms with van der Waals surface area (Å²) in [6.07, 6.45) is 2.17. The monoisotopic (exact) mass is 164 g/mol. The van der Waals surface area contributed by atoms with E-state index in [4.69, 9.17) is 0 Å². The van der Waals surface area contributed by atoms with Crippen molar-refractivity contribution in [3.8, 4) is 0 Å². The molecule has 1 heteroatoms. The zero-order valence-corrected chi connectivity index (χ0v) is 6.46. The van der Waals surface area contributed by atoms with Gasteiger partial charge in [-0.25, -0.2) is 0 Å². The highest BCUT2D eigenvalue weighted by Gasteiger charge is 1.82. The topological polar surface area (TPSA) is 0 Å². The first kappa shape index (κ1) is 10.2. The van der Waals surface area contributed by atoms with Crippen LogP contribution >= 0.6 is 0 Å². The zero-order valence-electron chi connectivity index (χ0n) is 6.46. The molecule has 0 heterocycles. The Morgan fingerprint density at radius 2 is 1.64 bits per heavy atom. The number of rotatable bonds is 1. The van der Waals surface area contributed by atoms with Gasteiger partial charge in [-0.2, -0.15) is 0 Å². The maximum atomic E-state index is 2.17. The number of benzene rings is 1. The molecular formula is C10H16Si. The van der Waals surface area contributed by atoms with Gasteiger partial charge in [-0.1, -0.05) is 42.0 Å². The first-order chi connectivity index (χ1) is 4.79. The van der Waals surface area contributed by atoms with Gasteiger partial charge in [-0.3, -0.25) is 0 Å². The highest BCUT2D eigenvalue weighted by atomic mass is 28.1. The van der Waals surface area contributed by atoms with Crippen LogP contribution in [0, 0.1) is 0 Å². The minimum absolute atomic E-state index is 0. The molecule has 1 aromatic carbocycles. The molecule has 0 fully saturated rings. The molecule has 0 spiro atoms. The van der Waals surface area contributed by atoms with Gasteiger partial charge in [0.1, 0.15) is 0 Å². The predicted octanol–water partition coefficient (Wildman–Crippen LogP) is 1.66. The van der Waals surface area contributed by atoms with Gasteiger partial charge in [0, 0.05) is 0 Å². The SMILES string of the molecule is CC(C)=Cc1ccccc1.[SiH4]. The molecule has 0 amide bonds. The van der Waals surface area contributed by atoms with Crippen molar-refractivity contribution in [3.63, 3.8) is 0 Å². The maximum absolute atomic E-state index is 2.17. The highest BCUT2D eigenvalue weighted by molar-refractivity contribution is 5.75. The molecular weight excluding hydrogens is 148 g/mol. The largest absolute Gasteiger partial charge is 0.0758 e. The molecule has 0 bridgehead atoms. The molecule has 1 rings (SSSR count). The molecule has 60 valence electrons. The van der Waals surface area contributed by atoms with Crippen LogP contribution in [0.2, 0.25) is 0 Å². The molecule has 0 aromatic heterocycles. The van der Waals surface area contributed by atoms with E-state index in [1.807, 2.05) is 6.07 Å². The summed E-state index contributed by atoms with van der Waals surface area (Å²) in [5.41, 5.74) is 2.62. The Kier molecular flexibility index (Phi) is 4.54. The number of hydrogen-bond donors (Lipinski definition) is 0. The van der Waals surface area contributed by atoms with E-state index in [9.17, 15) is 0 Å². The molecule has 0 atom stereocenters. The van der Waals surface area contributed by atoms with Crippen LogP contribution in [0.3, 0.4) is 0 Å². The summed E-state index contributed by atoms with van der Waals surface area (Å²) < 4.78 is 0. The van der Waals surface area contributed by atoms with Crippen LogP contribution in [0.1, 0.15) is 19.4 Å². The van der Waals surface area contributed by atoms with Crippen LogP contribution in [-0.4, -0.2) is 11.0 Å². The summed E-state index contributed by atoms with van der Waals surface area (Å²) in [4.78, 5) is 0. The van der Waals surface area contributed by atoms with Crippen molar-refractivity contribution < 1.29 is 0 Å². The third-order valence-electron chi connectivity index (χ3n) is 1.25. The van der Waals surface area contributed by atoms with Crippen molar-refractivity contribution >= 4 is 17.0 Å². The highest BCUT2D eigenvalue weighted by Crippen LogP contribution is 2.04. The Morgan fingerprint density at radius 3 is 2.09 bits per heavy atom. The zero-order chi connectivity index (χ0) is 7.40. The van der Waals surface area contributed by atoms with Crippen molar-refractivity contribution in [1.82, 2.24) is 0 Å². The predicted molar refractivity (Wildman–Crippen MR) is 57.1 cm³/mol. The first-order valence-corrected chi connectivity index (χ1v) is 3.49. The van der Waals surface area contributed by atoms with Gasteiger partial charge in [-0.05, 0) is 30.4 Å². The van der Waals surface area contributed by atoms with E-state index in [1.54, 1.807) is 0 Å². The van der Waals surface area contributed by atoms with Gasteiger partial charge in [-0.15, -0.1) is 0 Å². The van der Waals surface area contributed by atoms with E-state index < -0.39 is 0 Å². The van der Waals surface area contributed by atoms with Crippen LogP contribution in [0.15, 0.2) is 35.9 Å². The van der Waals surface area contributed by atoms with Crippen LogP contribution < -0.4 is 0 Å². The van der Waals surface area contributed by atoms with E-state index in [0.29, 0.717) is 0 Å². The summed E-state index contributed by atoms with van der Waals surface area (Å²) in [7, 11) is 0. The Hall–Kier alpha value is -0.823. The lowest BCUT2D eigenvalue weighted by atomic mass is 10.2. The normalized spacial score (nSPS) is 8.18. The van der Waals surface area contributed by atoms with Gasteiger partial charge in [0.15, 0.2) is 0 Å². The van der Waals surface area contributed by atoms with Crippen LogP contribution in [0.4, 0.5) is 0 Å². The lowest BCUT2D eigenvalue weighted by molar-refractivity contribution is 1.42. The van der Waals surface area contributed by atoms with E-state index in [0.717, 1.165) is 0 Å². The van der Waals surface area contributed by atoms with E-state index >= 15 is 0 Å². The smallest absolute Gasteiger partial charge is 0.0149 e. The van der Waals surface area contributed by atoms with Crippen LogP contribution in [0.25, 0.3) is 6.08 Å². The molecule has 0 unspecified atom stereocenters. The molecule has 0 saturated heterocycles.